The molecule has 0 atom stereocenters. The summed E-state index contributed by atoms with van der Waals surface area (Å²) < 4.78 is 5.20. The highest BCUT2D eigenvalue weighted by Gasteiger charge is 2.39. The van der Waals surface area contributed by atoms with Gasteiger partial charge in [-0.15, -0.1) is 0 Å². The molecule has 0 amide bonds. The Morgan fingerprint density at radius 2 is 1.52 bits per heavy atom. The van der Waals surface area contributed by atoms with Crippen molar-refractivity contribution in [2.45, 2.75) is 6.92 Å². The van der Waals surface area contributed by atoms with Gasteiger partial charge in [0.25, 0.3) is 0 Å². The van der Waals surface area contributed by atoms with Crippen LogP contribution in [-0.4, -0.2) is 33.7 Å². The number of carbonyl (C=O) groups is 2. The van der Waals surface area contributed by atoms with Gasteiger partial charge in [-0.1, -0.05) is 39.1 Å². The summed E-state index contributed by atoms with van der Waals surface area (Å²) >= 11 is 14.6. The number of rotatable bonds is 3. The van der Waals surface area contributed by atoms with Gasteiger partial charge in [0.2, 0.25) is 5.78 Å². The average molecular weight is 396 g/mol. The molecule has 2 N–H and O–H groups in total. The largest absolute Gasteiger partial charge is 0.506 e. The third-order valence-electron chi connectivity index (χ3n) is 2.96. The number of ether oxygens (including phenoxy) is 1. The van der Waals surface area contributed by atoms with E-state index in [9.17, 15) is 19.8 Å². The quantitative estimate of drug-likeness (QED) is 0.604. The van der Waals surface area contributed by atoms with Crippen LogP contribution < -0.4 is 0 Å². The van der Waals surface area contributed by atoms with Crippen LogP contribution in [0.25, 0.3) is 0 Å². The van der Waals surface area contributed by atoms with Gasteiger partial charge in [0.15, 0.2) is 11.5 Å². The number of aromatic hydroxyl groups is 2. The number of ketones is 2. The lowest BCUT2D eigenvalue weighted by molar-refractivity contribution is 0.0876. The molecule has 0 heterocycles. The molecule has 8 heteroatoms. The highest BCUT2D eigenvalue weighted by Crippen LogP contribution is 2.47. The average Bonchev–Trinajstić information content (AvgIpc) is 2.46. The Kier molecular flexibility index (Phi) is 4.51. The normalized spacial score (nSPS) is 14.5. The molecule has 0 saturated carbocycles. The number of fused-ring (bicyclic) bond motifs is 1. The summed E-state index contributed by atoms with van der Waals surface area (Å²) in [6.07, 6.45) is 0. The minimum atomic E-state index is -0.729. The second-order valence-electron chi connectivity index (χ2n) is 4.11. The number of halogens is 3. The van der Waals surface area contributed by atoms with Crippen molar-refractivity contribution < 1.29 is 24.5 Å². The number of hydrogen-bond acceptors (Lipinski definition) is 5. The van der Waals surface area contributed by atoms with Gasteiger partial charge in [0.05, 0.1) is 23.3 Å². The molecule has 5 nitrogen and oxygen atoms in total. The van der Waals surface area contributed by atoms with Gasteiger partial charge in [-0.25, -0.2) is 0 Å². The van der Waals surface area contributed by atoms with Crippen LogP contribution in [0.2, 0.25) is 10.0 Å². The first-order valence-corrected chi connectivity index (χ1v) is 7.68. The maximum absolute atomic E-state index is 12.4. The summed E-state index contributed by atoms with van der Waals surface area (Å²) in [4.78, 5) is 24.9. The van der Waals surface area contributed by atoms with Crippen LogP contribution in [0.1, 0.15) is 27.6 Å². The van der Waals surface area contributed by atoms with Crippen LogP contribution in [0.4, 0.5) is 0 Å². The van der Waals surface area contributed by atoms with Crippen molar-refractivity contribution >= 4 is 50.7 Å². The van der Waals surface area contributed by atoms with Crippen LogP contribution in [0.5, 0.6) is 11.5 Å². The van der Waals surface area contributed by atoms with Crippen LogP contribution >= 0.6 is 39.1 Å². The van der Waals surface area contributed by atoms with Gasteiger partial charge in [-0.3, -0.25) is 9.59 Å². The van der Waals surface area contributed by atoms with E-state index in [0.717, 1.165) is 0 Å². The van der Waals surface area contributed by atoms with Crippen molar-refractivity contribution in [3.8, 4) is 11.5 Å². The smallest absolute Gasteiger partial charge is 0.232 e. The van der Waals surface area contributed by atoms with Crippen molar-refractivity contribution in [1.82, 2.24) is 0 Å². The number of phenols is 2. The fourth-order valence-electron chi connectivity index (χ4n) is 2.03. The van der Waals surface area contributed by atoms with Gasteiger partial charge in [0.1, 0.15) is 21.5 Å². The fourth-order valence-corrected chi connectivity index (χ4v) is 2.91. The summed E-state index contributed by atoms with van der Waals surface area (Å²) in [5, 5.41) is 19.2. The first kappa shape index (κ1) is 16.1. The molecule has 21 heavy (non-hydrogen) atoms. The number of allylic oxidation sites excluding steroid dienone is 2. The highest BCUT2D eigenvalue weighted by atomic mass is 79.9. The van der Waals surface area contributed by atoms with Crippen molar-refractivity contribution in [2.24, 2.45) is 0 Å². The third-order valence-corrected chi connectivity index (χ3v) is 4.36. The van der Waals surface area contributed by atoms with Crippen molar-refractivity contribution in [2.75, 3.05) is 11.9 Å². The molecule has 0 spiro atoms. The van der Waals surface area contributed by atoms with E-state index in [-0.39, 0.29) is 33.9 Å². The number of benzene rings is 1. The van der Waals surface area contributed by atoms with Crippen LogP contribution in [-0.2, 0) is 4.74 Å². The van der Waals surface area contributed by atoms with E-state index < -0.39 is 33.7 Å². The topological polar surface area (TPSA) is 83.8 Å². The Bertz CT molecular complexity index is 697. The molecule has 1 aliphatic carbocycles. The predicted octanol–water partition coefficient (Wildman–Crippen LogP) is 3.47. The summed E-state index contributed by atoms with van der Waals surface area (Å²) in [5.41, 5.74) is -0.729. The molecular formula is C13H9BrCl2O5. The first-order chi connectivity index (χ1) is 9.86. The van der Waals surface area contributed by atoms with E-state index in [0.29, 0.717) is 0 Å². The van der Waals surface area contributed by atoms with E-state index in [2.05, 4.69) is 15.9 Å². The van der Waals surface area contributed by atoms with E-state index >= 15 is 0 Å². The van der Waals surface area contributed by atoms with Crippen molar-refractivity contribution in [3.05, 3.63) is 32.5 Å². The lowest BCUT2D eigenvalue weighted by atomic mass is 9.87. The van der Waals surface area contributed by atoms with E-state index in [1.54, 1.807) is 6.92 Å². The van der Waals surface area contributed by atoms with Gasteiger partial charge < -0.3 is 14.9 Å². The molecule has 0 aliphatic heterocycles. The van der Waals surface area contributed by atoms with Crippen LogP contribution in [0.15, 0.2) is 11.3 Å². The SMILES string of the molecule is CCOC1=C(CBr)C(=O)c2c(O)c(Cl)c(Cl)c(O)c2C1=O. The van der Waals surface area contributed by atoms with Crippen LogP contribution in [0, 0.1) is 0 Å². The lowest BCUT2D eigenvalue weighted by Gasteiger charge is -2.22. The molecule has 0 radical (unpaired) electrons. The summed E-state index contributed by atoms with van der Waals surface area (Å²) in [6, 6.07) is 0. The minimum absolute atomic E-state index is 0.0439. The maximum Gasteiger partial charge on any atom is 0.232 e. The molecule has 112 valence electrons. The Morgan fingerprint density at radius 1 is 1.05 bits per heavy atom. The zero-order chi connectivity index (χ0) is 15.9. The maximum atomic E-state index is 12.4. The Hall–Kier alpha value is -1.24. The first-order valence-electron chi connectivity index (χ1n) is 5.80. The Balaban J connectivity index is 2.84. The number of alkyl halides is 1. The highest BCUT2D eigenvalue weighted by molar-refractivity contribution is 9.09. The number of carbonyl (C=O) groups excluding carboxylic acids is 2. The molecular weight excluding hydrogens is 387 g/mol. The molecule has 1 aromatic rings. The zero-order valence-corrected chi connectivity index (χ0v) is 13.8. The summed E-state index contributed by atoms with van der Waals surface area (Å²) in [6.45, 7) is 1.81. The standard InChI is InChI=1S/C13H9BrCl2O5/c1-2-21-13-4(3-14)9(17)5-6(12(13)20)11(19)8(16)7(15)10(5)18/h18-19H,2-3H2,1H3. The van der Waals surface area contributed by atoms with E-state index in [1.807, 2.05) is 0 Å². The second kappa shape index (κ2) is 5.87. The fraction of sp³-hybridized carbons (Fsp3) is 0.231. The van der Waals surface area contributed by atoms with Crippen LogP contribution in [0.3, 0.4) is 0 Å². The summed E-state index contributed by atoms with van der Waals surface area (Å²) in [5.74, 6) is -2.86. The van der Waals surface area contributed by atoms with E-state index in [1.165, 1.54) is 0 Å². The second-order valence-corrected chi connectivity index (χ2v) is 5.42. The van der Waals surface area contributed by atoms with Gasteiger partial charge >= 0.3 is 0 Å². The minimum Gasteiger partial charge on any atom is -0.506 e. The molecule has 0 saturated heterocycles. The van der Waals surface area contributed by atoms with Crippen molar-refractivity contribution in [1.29, 1.82) is 0 Å². The Labute approximate surface area is 138 Å². The molecule has 1 aliphatic rings. The van der Waals surface area contributed by atoms with Gasteiger partial charge in [-0.05, 0) is 6.92 Å². The monoisotopic (exact) mass is 394 g/mol. The molecule has 0 fully saturated rings. The number of Topliss-reactive ketones (excluding diaryl/α,β-unsaturated/α-hetero) is 2. The number of phenolic OH excluding ortho intramolecular Hbond substituents is 2. The third kappa shape index (κ3) is 2.31. The van der Waals surface area contributed by atoms with E-state index in [4.69, 9.17) is 27.9 Å². The lowest BCUT2D eigenvalue weighted by Crippen LogP contribution is -2.25. The van der Waals surface area contributed by atoms with Gasteiger partial charge in [-0.2, -0.15) is 0 Å². The molecule has 2 rings (SSSR count). The molecule has 0 bridgehead atoms. The van der Waals surface area contributed by atoms with Crippen molar-refractivity contribution in [3.63, 3.8) is 0 Å². The summed E-state index contributed by atoms with van der Waals surface area (Å²) in [7, 11) is 0. The molecule has 0 unspecified atom stereocenters. The Morgan fingerprint density at radius 3 is 1.95 bits per heavy atom. The molecule has 0 aromatic heterocycles. The predicted molar refractivity (Wildman–Crippen MR) is 80.9 cm³/mol. The number of hydrogen-bond donors (Lipinski definition) is 2. The molecule has 1 aromatic carbocycles. The zero-order valence-electron chi connectivity index (χ0n) is 10.7. The van der Waals surface area contributed by atoms with Gasteiger partial charge in [0, 0.05) is 5.33 Å².